The molecule has 4 atom stereocenters. The van der Waals surface area contributed by atoms with Gasteiger partial charge >= 0.3 is 0 Å². The Labute approximate surface area is 158 Å². The van der Waals surface area contributed by atoms with Crippen LogP contribution in [-0.2, 0) is 0 Å². The standard InChI is InChI=1S/C20H26N4OS/c1-12-6-5-7-16(9-12)17(23-10-13(2)8-14(3)11-23)18-19(25)24-20(26-18)21-15(4)22-24/h5-7,9,13-14,17,25H,8,10-11H2,1-4H3/p+1/t13-,14+,17-/m0/s1. The number of quaternary nitrogens is 1. The predicted octanol–water partition coefficient (Wildman–Crippen LogP) is 2.76. The van der Waals surface area contributed by atoms with Gasteiger partial charge in [-0.05, 0) is 26.3 Å². The quantitative estimate of drug-likeness (QED) is 0.744. The minimum atomic E-state index is 0.119. The van der Waals surface area contributed by atoms with Gasteiger partial charge in [-0.1, -0.05) is 48.9 Å². The molecular formula is C20H27N4OS+. The van der Waals surface area contributed by atoms with Crippen molar-refractivity contribution in [3.05, 3.63) is 46.1 Å². The number of aromatic hydroxyl groups is 1. The number of benzene rings is 1. The molecule has 1 saturated heterocycles. The Hall–Kier alpha value is -1.92. The van der Waals surface area contributed by atoms with Crippen LogP contribution >= 0.6 is 11.3 Å². The van der Waals surface area contributed by atoms with Crippen molar-refractivity contribution in [1.82, 2.24) is 14.6 Å². The summed E-state index contributed by atoms with van der Waals surface area (Å²) < 4.78 is 1.59. The van der Waals surface area contributed by atoms with Crippen LogP contribution in [0.2, 0.25) is 0 Å². The molecule has 5 nitrogen and oxygen atoms in total. The summed E-state index contributed by atoms with van der Waals surface area (Å²) in [6.07, 6.45) is 1.28. The number of aryl methyl sites for hydroxylation is 2. The van der Waals surface area contributed by atoms with Gasteiger partial charge in [-0.2, -0.15) is 4.52 Å². The maximum Gasteiger partial charge on any atom is 0.235 e. The van der Waals surface area contributed by atoms with Crippen molar-refractivity contribution in [3.8, 4) is 5.88 Å². The first-order valence-electron chi connectivity index (χ1n) is 9.38. The molecule has 1 unspecified atom stereocenters. The van der Waals surface area contributed by atoms with E-state index in [-0.39, 0.29) is 11.9 Å². The van der Waals surface area contributed by atoms with Crippen molar-refractivity contribution >= 4 is 16.3 Å². The summed E-state index contributed by atoms with van der Waals surface area (Å²) in [5, 5.41) is 15.3. The lowest BCUT2D eigenvalue weighted by atomic mass is 9.89. The summed E-state index contributed by atoms with van der Waals surface area (Å²) >= 11 is 1.57. The zero-order valence-corrected chi connectivity index (χ0v) is 16.7. The minimum absolute atomic E-state index is 0.119. The Bertz CT molecular complexity index is 921. The van der Waals surface area contributed by atoms with E-state index in [1.165, 1.54) is 22.4 Å². The van der Waals surface area contributed by atoms with Crippen LogP contribution in [-0.4, -0.2) is 32.8 Å². The molecule has 1 fully saturated rings. The van der Waals surface area contributed by atoms with Gasteiger partial charge in [0.2, 0.25) is 10.8 Å². The molecule has 4 rings (SSSR count). The van der Waals surface area contributed by atoms with Crippen LogP contribution < -0.4 is 4.90 Å². The highest BCUT2D eigenvalue weighted by molar-refractivity contribution is 7.17. The lowest BCUT2D eigenvalue weighted by molar-refractivity contribution is -0.936. The average molecular weight is 372 g/mol. The Balaban J connectivity index is 1.84. The molecule has 1 aliphatic rings. The molecule has 0 aliphatic carbocycles. The number of thiazole rings is 1. The van der Waals surface area contributed by atoms with Crippen LogP contribution in [0.1, 0.15) is 48.1 Å². The fraction of sp³-hybridized carbons (Fsp3) is 0.500. The van der Waals surface area contributed by atoms with Crippen molar-refractivity contribution in [2.45, 2.75) is 40.2 Å². The number of nitrogens with one attached hydrogen (secondary N) is 1. The van der Waals surface area contributed by atoms with Gasteiger partial charge in [-0.3, -0.25) is 0 Å². The lowest BCUT2D eigenvalue weighted by Crippen LogP contribution is -3.14. The number of rotatable bonds is 3. The Morgan fingerprint density at radius 3 is 2.62 bits per heavy atom. The number of aromatic nitrogens is 3. The molecule has 0 bridgehead atoms. The van der Waals surface area contributed by atoms with Gasteiger partial charge in [0, 0.05) is 17.4 Å². The van der Waals surface area contributed by atoms with E-state index in [2.05, 4.69) is 55.1 Å². The van der Waals surface area contributed by atoms with Gasteiger partial charge in [0.1, 0.15) is 10.7 Å². The van der Waals surface area contributed by atoms with Gasteiger partial charge in [-0.25, -0.2) is 4.98 Å². The summed E-state index contributed by atoms with van der Waals surface area (Å²) in [6.45, 7) is 10.9. The highest BCUT2D eigenvalue weighted by Crippen LogP contribution is 2.35. The Kier molecular flexibility index (Phi) is 4.49. The maximum absolute atomic E-state index is 10.9. The first kappa shape index (κ1) is 17.5. The molecule has 0 radical (unpaired) electrons. The molecule has 138 valence electrons. The van der Waals surface area contributed by atoms with Gasteiger partial charge in [0.15, 0.2) is 6.04 Å². The van der Waals surface area contributed by atoms with E-state index in [4.69, 9.17) is 0 Å². The highest BCUT2D eigenvalue weighted by Gasteiger charge is 2.37. The molecule has 0 saturated carbocycles. The third kappa shape index (κ3) is 3.12. The molecule has 3 aromatic rings. The highest BCUT2D eigenvalue weighted by atomic mass is 32.1. The predicted molar refractivity (Wildman–Crippen MR) is 104 cm³/mol. The van der Waals surface area contributed by atoms with Crippen molar-refractivity contribution in [1.29, 1.82) is 0 Å². The Morgan fingerprint density at radius 2 is 1.96 bits per heavy atom. The molecule has 2 aromatic heterocycles. The fourth-order valence-corrected chi connectivity index (χ4v) is 5.71. The van der Waals surface area contributed by atoms with Crippen LogP contribution in [0.5, 0.6) is 5.88 Å². The van der Waals surface area contributed by atoms with Gasteiger partial charge in [0.25, 0.3) is 0 Å². The van der Waals surface area contributed by atoms with E-state index >= 15 is 0 Å². The molecule has 0 amide bonds. The SMILES string of the molecule is Cc1cccc([C@@H](c2sc3nc(C)nn3c2O)[NH+]2C[C@H](C)C[C@H](C)C2)c1. The number of hydrogen-bond donors (Lipinski definition) is 2. The molecule has 2 N–H and O–H groups in total. The van der Waals surface area contributed by atoms with Gasteiger partial charge in [-0.15, -0.1) is 5.10 Å². The van der Waals surface area contributed by atoms with Crippen LogP contribution in [0.25, 0.3) is 4.96 Å². The molecule has 1 aliphatic heterocycles. The first-order valence-corrected chi connectivity index (χ1v) is 10.2. The zero-order chi connectivity index (χ0) is 18.4. The van der Waals surface area contributed by atoms with Gasteiger partial charge < -0.3 is 10.0 Å². The van der Waals surface area contributed by atoms with E-state index in [0.29, 0.717) is 17.7 Å². The van der Waals surface area contributed by atoms with E-state index < -0.39 is 0 Å². The molecule has 6 heteroatoms. The normalized spacial score (nSPS) is 24.8. The van der Waals surface area contributed by atoms with Crippen LogP contribution in [0.4, 0.5) is 0 Å². The largest absolute Gasteiger partial charge is 0.492 e. The van der Waals surface area contributed by atoms with Crippen LogP contribution in [0.3, 0.4) is 0 Å². The molecule has 1 aromatic carbocycles. The average Bonchev–Trinajstić information content (AvgIpc) is 3.05. The summed E-state index contributed by atoms with van der Waals surface area (Å²) in [5.41, 5.74) is 2.51. The number of fused-ring (bicyclic) bond motifs is 1. The second-order valence-corrected chi connectivity index (χ2v) is 9.01. The number of nitrogens with zero attached hydrogens (tertiary/aromatic N) is 3. The molecule has 0 spiro atoms. The maximum atomic E-state index is 10.9. The minimum Gasteiger partial charge on any atom is -0.492 e. The van der Waals surface area contributed by atoms with E-state index in [9.17, 15) is 5.11 Å². The molecule has 26 heavy (non-hydrogen) atoms. The monoisotopic (exact) mass is 371 g/mol. The smallest absolute Gasteiger partial charge is 0.235 e. The fourth-order valence-electron chi connectivity index (χ4n) is 4.53. The van der Waals surface area contributed by atoms with Crippen molar-refractivity contribution < 1.29 is 10.0 Å². The third-order valence-electron chi connectivity index (χ3n) is 5.38. The van der Waals surface area contributed by atoms with Crippen molar-refractivity contribution in [2.24, 2.45) is 11.8 Å². The number of hydrogen-bond acceptors (Lipinski definition) is 4. The van der Waals surface area contributed by atoms with E-state index in [1.54, 1.807) is 15.9 Å². The van der Waals surface area contributed by atoms with Crippen LogP contribution in [0.15, 0.2) is 24.3 Å². The Morgan fingerprint density at radius 1 is 1.23 bits per heavy atom. The molecular weight excluding hydrogens is 344 g/mol. The summed E-state index contributed by atoms with van der Waals surface area (Å²) in [5.74, 6) is 2.31. The summed E-state index contributed by atoms with van der Waals surface area (Å²) in [6, 6.07) is 8.81. The van der Waals surface area contributed by atoms with E-state index in [0.717, 1.165) is 22.9 Å². The molecule has 3 heterocycles. The van der Waals surface area contributed by atoms with Crippen LogP contribution in [0, 0.1) is 25.7 Å². The van der Waals surface area contributed by atoms with Crippen molar-refractivity contribution in [2.75, 3.05) is 13.1 Å². The third-order valence-corrected chi connectivity index (χ3v) is 6.46. The number of likely N-dealkylation sites (tertiary alicyclic amines) is 1. The summed E-state index contributed by atoms with van der Waals surface area (Å²) in [4.78, 5) is 7.73. The number of piperidine rings is 1. The first-order chi connectivity index (χ1) is 12.4. The van der Waals surface area contributed by atoms with E-state index in [1.807, 2.05) is 6.92 Å². The van der Waals surface area contributed by atoms with Crippen molar-refractivity contribution in [3.63, 3.8) is 0 Å². The van der Waals surface area contributed by atoms with Gasteiger partial charge in [0.05, 0.1) is 13.1 Å². The topological polar surface area (TPSA) is 54.9 Å². The second kappa shape index (κ2) is 6.67. The zero-order valence-electron chi connectivity index (χ0n) is 15.9. The second-order valence-electron chi connectivity index (χ2n) is 8.00. The summed E-state index contributed by atoms with van der Waals surface area (Å²) in [7, 11) is 0. The lowest BCUT2D eigenvalue weighted by Gasteiger charge is -2.37.